The Morgan fingerprint density at radius 3 is 2.75 bits per heavy atom. The summed E-state index contributed by atoms with van der Waals surface area (Å²) in [4.78, 5) is 35.1. The van der Waals surface area contributed by atoms with Gasteiger partial charge in [-0.25, -0.2) is 9.78 Å². The molecule has 1 aliphatic heterocycles. The molecule has 3 amide bonds. The Bertz CT molecular complexity index is 912. The maximum Gasteiger partial charge on any atom is 0.326 e. The number of rotatable bonds is 3. The third kappa shape index (κ3) is 2.13. The van der Waals surface area contributed by atoms with Crippen molar-refractivity contribution < 1.29 is 14.1 Å². The van der Waals surface area contributed by atoms with Gasteiger partial charge in [0.1, 0.15) is 17.4 Å². The van der Waals surface area contributed by atoms with Crippen molar-refractivity contribution in [3.8, 4) is 11.5 Å². The van der Waals surface area contributed by atoms with Gasteiger partial charge in [-0.2, -0.15) is 4.98 Å². The fourth-order valence-corrected chi connectivity index (χ4v) is 2.73. The van der Waals surface area contributed by atoms with E-state index in [1.807, 2.05) is 28.8 Å². The first kappa shape index (κ1) is 14.4. The van der Waals surface area contributed by atoms with Crippen molar-refractivity contribution in [3.63, 3.8) is 0 Å². The molecule has 4 rings (SSSR count). The Hall–Kier alpha value is -3.23. The SMILES string of the molecule is CN1C(=O)[C@H](Cc2nc(-c3cn4ccccc4n3)no2)N(C)C1=O. The second kappa shape index (κ2) is 5.15. The van der Waals surface area contributed by atoms with Crippen molar-refractivity contribution in [2.75, 3.05) is 14.1 Å². The number of urea groups is 1. The van der Waals surface area contributed by atoms with Crippen LogP contribution in [0.15, 0.2) is 35.1 Å². The molecule has 1 atom stereocenters. The number of carbonyl (C=O) groups is 2. The van der Waals surface area contributed by atoms with Gasteiger partial charge in [0, 0.05) is 26.5 Å². The lowest BCUT2D eigenvalue weighted by Gasteiger charge is -2.13. The number of nitrogens with zero attached hydrogens (tertiary/aromatic N) is 6. The van der Waals surface area contributed by atoms with Gasteiger partial charge in [-0.05, 0) is 12.1 Å². The van der Waals surface area contributed by atoms with Crippen LogP contribution in [-0.4, -0.2) is 61.4 Å². The molecule has 0 spiro atoms. The van der Waals surface area contributed by atoms with Crippen molar-refractivity contribution in [2.45, 2.75) is 12.5 Å². The van der Waals surface area contributed by atoms with Gasteiger partial charge in [0.2, 0.25) is 11.7 Å². The highest BCUT2D eigenvalue weighted by atomic mass is 16.5. The highest BCUT2D eigenvalue weighted by molar-refractivity contribution is 6.03. The molecule has 1 saturated heterocycles. The van der Waals surface area contributed by atoms with Gasteiger partial charge >= 0.3 is 6.03 Å². The third-order valence-electron chi connectivity index (χ3n) is 4.10. The molecular weight excluding hydrogens is 312 g/mol. The van der Waals surface area contributed by atoms with Gasteiger partial charge in [-0.15, -0.1) is 0 Å². The molecular formula is C15H14N6O3. The van der Waals surface area contributed by atoms with Crippen molar-refractivity contribution in [2.24, 2.45) is 0 Å². The van der Waals surface area contributed by atoms with Crippen LogP contribution in [0.5, 0.6) is 0 Å². The lowest BCUT2D eigenvalue weighted by molar-refractivity contribution is -0.127. The normalized spacial score (nSPS) is 18.2. The molecule has 4 heterocycles. The topological polar surface area (TPSA) is 96.8 Å². The minimum atomic E-state index is -0.628. The minimum absolute atomic E-state index is 0.172. The summed E-state index contributed by atoms with van der Waals surface area (Å²) in [6, 6.07) is 4.69. The molecule has 0 saturated carbocycles. The summed E-state index contributed by atoms with van der Waals surface area (Å²) in [5.74, 6) is 0.354. The average Bonchev–Trinajstić information content (AvgIpc) is 3.26. The van der Waals surface area contributed by atoms with E-state index in [0.717, 1.165) is 10.5 Å². The highest BCUT2D eigenvalue weighted by Crippen LogP contribution is 2.20. The number of hydrogen-bond donors (Lipinski definition) is 0. The van der Waals surface area contributed by atoms with E-state index >= 15 is 0 Å². The zero-order chi connectivity index (χ0) is 16.8. The first-order valence-electron chi connectivity index (χ1n) is 7.35. The molecule has 3 aromatic rings. The number of aromatic nitrogens is 4. The maximum atomic E-state index is 12.1. The van der Waals surface area contributed by atoms with Crippen LogP contribution in [0.4, 0.5) is 4.79 Å². The fraction of sp³-hybridized carbons (Fsp3) is 0.267. The monoisotopic (exact) mass is 326 g/mol. The van der Waals surface area contributed by atoms with E-state index in [1.54, 1.807) is 13.2 Å². The molecule has 0 bridgehead atoms. The second-order valence-corrected chi connectivity index (χ2v) is 5.61. The molecule has 0 aliphatic carbocycles. The summed E-state index contributed by atoms with van der Waals surface area (Å²) in [6.45, 7) is 0. The van der Waals surface area contributed by atoms with Crippen LogP contribution in [-0.2, 0) is 11.2 Å². The molecule has 122 valence electrons. The summed E-state index contributed by atoms with van der Waals surface area (Å²) in [7, 11) is 3.03. The molecule has 0 aromatic carbocycles. The lowest BCUT2D eigenvalue weighted by atomic mass is 10.2. The Labute approximate surface area is 136 Å². The molecule has 9 heteroatoms. The summed E-state index contributed by atoms with van der Waals surface area (Å²) >= 11 is 0. The van der Waals surface area contributed by atoms with Gasteiger partial charge in [0.15, 0.2) is 0 Å². The molecule has 1 aliphatic rings. The van der Waals surface area contributed by atoms with Crippen LogP contribution < -0.4 is 0 Å². The van der Waals surface area contributed by atoms with E-state index in [9.17, 15) is 9.59 Å². The molecule has 9 nitrogen and oxygen atoms in total. The summed E-state index contributed by atoms with van der Waals surface area (Å²) < 4.78 is 7.08. The quantitative estimate of drug-likeness (QED) is 0.661. The molecule has 1 fully saturated rings. The standard InChI is InChI=1S/C15H14N6O3/c1-19-10(14(22)20(2)15(19)23)7-12-17-13(18-24-12)9-8-21-6-4-3-5-11(21)16-9/h3-6,8,10H,7H2,1-2H3/t10-/m0/s1. The van der Waals surface area contributed by atoms with Gasteiger partial charge in [-0.3, -0.25) is 9.69 Å². The Kier molecular flexibility index (Phi) is 3.08. The van der Waals surface area contributed by atoms with E-state index in [-0.39, 0.29) is 24.2 Å². The second-order valence-electron chi connectivity index (χ2n) is 5.61. The molecule has 0 radical (unpaired) electrons. The lowest BCUT2D eigenvalue weighted by Crippen LogP contribution is -2.33. The van der Waals surface area contributed by atoms with Crippen molar-refractivity contribution in [1.82, 2.24) is 29.3 Å². The first-order valence-corrected chi connectivity index (χ1v) is 7.35. The number of fused-ring (bicyclic) bond motifs is 1. The van der Waals surface area contributed by atoms with Gasteiger partial charge in [0.25, 0.3) is 5.91 Å². The fourth-order valence-electron chi connectivity index (χ4n) is 2.73. The third-order valence-corrected chi connectivity index (χ3v) is 4.10. The Balaban J connectivity index is 1.59. The largest absolute Gasteiger partial charge is 0.339 e. The van der Waals surface area contributed by atoms with E-state index in [4.69, 9.17) is 4.52 Å². The molecule has 0 N–H and O–H groups in total. The van der Waals surface area contributed by atoms with Crippen molar-refractivity contribution in [3.05, 3.63) is 36.5 Å². The van der Waals surface area contributed by atoms with E-state index < -0.39 is 6.04 Å². The van der Waals surface area contributed by atoms with E-state index in [1.165, 1.54) is 11.9 Å². The van der Waals surface area contributed by atoms with E-state index in [2.05, 4.69) is 15.1 Å². The molecule has 0 unspecified atom stereocenters. The number of imide groups is 1. The number of carbonyl (C=O) groups excluding carboxylic acids is 2. The zero-order valence-corrected chi connectivity index (χ0v) is 13.1. The Morgan fingerprint density at radius 2 is 2.04 bits per heavy atom. The number of amides is 3. The van der Waals surface area contributed by atoms with Crippen LogP contribution in [0, 0.1) is 0 Å². The summed E-state index contributed by atoms with van der Waals surface area (Å²) in [6.07, 6.45) is 3.85. The number of hydrogen-bond acceptors (Lipinski definition) is 6. The summed E-state index contributed by atoms with van der Waals surface area (Å²) in [5.41, 5.74) is 1.35. The van der Waals surface area contributed by atoms with Crippen LogP contribution in [0.25, 0.3) is 17.2 Å². The number of pyridine rings is 1. The predicted octanol–water partition coefficient (Wildman–Crippen LogP) is 0.819. The highest BCUT2D eigenvalue weighted by Gasteiger charge is 2.41. The first-order chi connectivity index (χ1) is 11.5. The maximum absolute atomic E-state index is 12.1. The zero-order valence-electron chi connectivity index (χ0n) is 13.1. The molecule has 3 aromatic heterocycles. The number of likely N-dealkylation sites (N-methyl/N-ethyl adjacent to an activating group) is 2. The summed E-state index contributed by atoms with van der Waals surface area (Å²) in [5, 5.41) is 3.92. The Morgan fingerprint density at radius 1 is 1.21 bits per heavy atom. The number of imidazole rings is 1. The molecule has 24 heavy (non-hydrogen) atoms. The van der Waals surface area contributed by atoms with Crippen LogP contribution in [0.2, 0.25) is 0 Å². The van der Waals surface area contributed by atoms with E-state index in [0.29, 0.717) is 11.5 Å². The van der Waals surface area contributed by atoms with Crippen LogP contribution in [0.1, 0.15) is 5.89 Å². The van der Waals surface area contributed by atoms with Gasteiger partial charge in [-0.1, -0.05) is 11.2 Å². The van der Waals surface area contributed by atoms with Gasteiger partial charge in [0.05, 0.1) is 6.42 Å². The van der Waals surface area contributed by atoms with Crippen LogP contribution in [0.3, 0.4) is 0 Å². The van der Waals surface area contributed by atoms with Gasteiger partial charge < -0.3 is 13.8 Å². The van der Waals surface area contributed by atoms with Crippen LogP contribution >= 0.6 is 0 Å². The smallest absolute Gasteiger partial charge is 0.326 e. The van der Waals surface area contributed by atoms with Crippen molar-refractivity contribution >= 4 is 17.6 Å². The average molecular weight is 326 g/mol. The predicted molar refractivity (Wildman–Crippen MR) is 81.9 cm³/mol. The van der Waals surface area contributed by atoms with Crippen molar-refractivity contribution in [1.29, 1.82) is 0 Å². The minimum Gasteiger partial charge on any atom is -0.339 e.